The number of carbonyl (C=O) groups is 1. The van der Waals surface area contributed by atoms with Gasteiger partial charge >= 0.3 is 17.8 Å². The van der Waals surface area contributed by atoms with Crippen molar-refractivity contribution >= 4 is 34.9 Å². The van der Waals surface area contributed by atoms with E-state index >= 15 is 0 Å². The number of allylic oxidation sites excluding steroid dienone is 4. The van der Waals surface area contributed by atoms with Gasteiger partial charge in [-0.3, -0.25) is 9.36 Å². The summed E-state index contributed by atoms with van der Waals surface area (Å²) in [6, 6.07) is 2.74. The lowest BCUT2D eigenvalue weighted by Gasteiger charge is -2.13. The molecule has 0 bridgehead atoms. The molecule has 0 radical (unpaired) electrons. The second kappa shape index (κ2) is 10.4. The molecule has 0 atom stereocenters. The summed E-state index contributed by atoms with van der Waals surface area (Å²) in [5, 5.41) is -0.412. The monoisotopic (exact) mass is 549 g/mol. The Bertz CT molecular complexity index is 1480. The number of alkyl halides is 3. The Kier molecular flexibility index (Phi) is 7.77. The Morgan fingerprint density at radius 2 is 1.92 bits per heavy atom. The molecular weight excluding hydrogens is 537 g/mol. The fraction of sp³-hybridized carbons (Fsp3) is 0.190. The van der Waals surface area contributed by atoms with Crippen molar-refractivity contribution in [3.63, 3.8) is 0 Å². The number of pyridine rings is 1. The number of nitrogens with zero attached hydrogens (tertiary/aromatic N) is 3. The Labute approximate surface area is 208 Å². The minimum absolute atomic E-state index is 0.0238. The van der Waals surface area contributed by atoms with E-state index < -0.39 is 47.2 Å². The second-order valence-electron chi connectivity index (χ2n) is 6.79. The summed E-state index contributed by atoms with van der Waals surface area (Å²) in [6.45, 7) is -0.554. The molecule has 190 valence electrons. The minimum atomic E-state index is -5.00. The molecule has 0 saturated heterocycles. The highest BCUT2D eigenvalue weighted by Gasteiger charge is 2.35. The number of esters is 1. The maximum Gasteiger partial charge on any atom is 0.431 e. The van der Waals surface area contributed by atoms with E-state index in [-0.39, 0.29) is 42.8 Å². The van der Waals surface area contributed by atoms with Gasteiger partial charge in [0.15, 0.2) is 23.9 Å². The molecular formula is C21H13Cl2F4N3O6. The van der Waals surface area contributed by atoms with Gasteiger partial charge < -0.3 is 14.2 Å². The number of aromatic nitrogens is 3. The maximum atomic E-state index is 14.9. The fourth-order valence-electron chi connectivity index (χ4n) is 2.77. The molecule has 2 aromatic heterocycles. The van der Waals surface area contributed by atoms with E-state index in [0.29, 0.717) is 6.08 Å². The van der Waals surface area contributed by atoms with Crippen molar-refractivity contribution in [1.29, 1.82) is 0 Å². The number of methoxy groups -OCH3 is 1. The third kappa shape index (κ3) is 5.70. The van der Waals surface area contributed by atoms with Crippen LogP contribution in [0.2, 0.25) is 5.15 Å². The Morgan fingerprint density at radius 1 is 1.22 bits per heavy atom. The van der Waals surface area contributed by atoms with Gasteiger partial charge in [0, 0.05) is 19.2 Å². The molecule has 0 unspecified atom stereocenters. The van der Waals surface area contributed by atoms with Crippen LogP contribution in [0.1, 0.15) is 5.69 Å². The standard InChI is InChI=1S/C21H13Cl2F4N3O6/c1-29-15(21(25,26)27)8-17(31)30(20(29)33)12-3-4-13(10(22)7-11(12)24)36-14-5-6-16(23)28-19(14)35-9-18(32)34-2/h4-8H,9H2,1-2H3. The predicted molar refractivity (Wildman–Crippen MR) is 118 cm³/mol. The molecule has 0 spiro atoms. The normalized spacial score (nSPS) is 13.7. The molecule has 0 saturated carbocycles. The summed E-state index contributed by atoms with van der Waals surface area (Å²) in [5.74, 6) is -2.69. The summed E-state index contributed by atoms with van der Waals surface area (Å²) in [4.78, 5) is 40.1. The molecule has 0 aliphatic heterocycles. The summed E-state index contributed by atoms with van der Waals surface area (Å²) < 4.78 is 69.7. The maximum absolute atomic E-state index is 14.9. The average molecular weight is 550 g/mol. The molecule has 1 aliphatic rings. The molecule has 0 amide bonds. The molecule has 0 fully saturated rings. The number of hydrogen-bond donors (Lipinski definition) is 0. The zero-order valence-corrected chi connectivity index (χ0v) is 19.7. The van der Waals surface area contributed by atoms with Gasteiger partial charge in [-0.05, 0) is 18.2 Å². The highest BCUT2D eigenvalue weighted by atomic mass is 35.5. The van der Waals surface area contributed by atoms with Crippen molar-refractivity contribution in [2.75, 3.05) is 13.7 Å². The van der Waals surface area contributed by atoms with E-state index in [0.717, 1.165) is 20.2 Å². The lowest BCUT2D eigenvalue weighted by Crippen LogP contribution is -2.41. The second-order valence-corrected chi connectivity index (χ2v) is 7.58. The molecule has 15 heteroatoms. The molecule has 2 aromatic rings. The van der Waals surface area contributed by atoms with Crippen LogP contribution in [0.25, 0.3) is 5.70 Å². The van der Waals surface area contributed by atoms with Crippen molar-refractivity contribution in [2.24, 2.45) is 7.05 Å². The third-order valence-corrected chi connectivity index (χ3v) is 4.96. The van der Waals surface area contributed by atoms with Crippen molar-refractivity contribution < 1.29 is 36.6 Å². The molecule has 1 aliphatic carbocycles. The van der Waals surface area contributed by atoms with Gasteiger partial charge in [-0.15, -0.1) is 0 Å². The smallest absolute Gasteiger partial charge is 0.431 e. The first-order valence-electron chi connectivity index (χ1n) is 9.52. The van der Waals surface area contributed by atoms with Gasteiger partial charge in [-0.1, -0.05) is 28.9 Å². The number of ether oxygens (including phenoxy) is 3. The zero-order chi connectivity index (χ0) is 26.8. The first-order chi connectivity index (χ1) is 16.8. The predicted octanol–water partition coefficient (Wildman–Crippen LogP) is 3.56. The van der Waals surface area contributed by atoms with Gasteiger partial charge in [-0.25, -0.2) is 18.5 Å². The van der Waals surface area contributed by atoms with Gasteiger partial charge in [-0.2, -0.15) is 18.2 Å². The topological polar surface area (TPSA) is 102 Å². The first-order valence-corrected chi connectivity index (χ1v) is 10.3. The molecule has 0 N–H and O–H groups in total. The molecule has 36 heavy (non-hydrogen) atoms. The fourth-order valence-corrected chi connectivity index (χ4v) is 3.10. The van der Waals surface area contributed by atoms with Crippen LogP contribution >= 0.6 is 23.2 Å². The Balaban J connectivity index is 2.06. The van der Waals surface area contributed by atoms with Crippen LogP contribution in [-0.4, -0.2) is 33.8 Å². The zero-order valence-electron chi connectivity index (χ0n) is 18.2. The van der Waals surface area contributed by atoms with Crippen LogP contribution in [0.5, 0.6) is 11.6 Å². The van der Waals surface area contributed by atoms with E-state index in [2.05, 4.69) is 15.5 Å². The van der Waals surface area contributed by atoms with Crippen molar-refractivity contribution in [3.8, 4) is 11.6 Å². The number of halogens is 6. The highest BCUT2D eigenvalue weighted by molar-refractivity contribution is 6.31. The van der Waals surface area contributed by atoms with Crippen molar-refractivity contribution in [1.82, 2.24) is 14.1 Å². The molecule has 3 rings (SSSR count). The van der Waals surface area contributed by atoms with Crippen LogP contribution in [0, 0.1) is 0 Å². The van der Waals surface area contributed by atoms with E-state index in [4.69, 9.17) is 32.7 Å². The lowest BCUT2D eigenvalue weighted by molar-refractivity contribution is -0.144. The largest absolute Gasteiger partial charge is 0.466 e. The van der Waals surface area contributed by atoms with E-state index in [9.17, 15) is 31.9 Å². The van der Waals surface area contributed by atoms with Gasteiger partial charge in [0.25, 0.3) is 11.4 Å². The SMILES string of the molecule is COC(=O)COc1nc(Cl)ccc1OC1=C(Cl)C=C(F)C(n2c(=O)cc(C(F)(F)F)n(C)c2=O)=C=C1. The van der Waals surface area contributed by atoms with Crippen LogP contribution in [0.15, 0.2) is 62.3 Å². The Morgan fingerprint density at radius 3 is 2.56 bits per heavy atom. The third-order valence-electron chi connectivity index (χ3n) is 4.45. The van der Waals surface area contributed by atoms with Crippen molar-refractivity contribution in [3.05, 3.63) is 84.4 Å². The summed E-state index contributed by atoms with van der Waals surface area (Å²) in [7, 11) is 1.91. The summed E-state index contributed by atoms with van der Waals surface area (Å²) in [6.07, 6.45) is -3.41. The van der Waals surface area contributed by atoms with Crippen molar-refractivity contribution in [2.45, 2.75) is 6.18 Å². The van der Waals surface area contributed by atoms with E-state index in [1.54, 1.807) is 0 Å². The number of hydrogen-bond acceptors (Lipinski definition) is 7. The quantitative estimate of drug-likeness (QED) is 0.235. The molecule has 0 aromatic carbocycles. The summed E-state index contributed by atoms with van der Waals surface area (Å²) in [5.41, 5.74) is -2.98. The highest BCUT2D eigenvalue weighted by Crippen LogP contribution is 2.32. The van der Waals surface area contributed by atoms with E-state index in [1.165, 1.54) is 12.1 Å². The van der Waals surface area contributed by atoms with Gasteiger partial charge in [0.2, 0.25) is 0 Å². The Hall–Kier alpha value is -3.80. The van der Waals surface area contributed by atoms with Crippen LogP contribution in [-0.2, 0) is 22.8 Å². The number of carbonyl (C=O) groups excluding carboxylic acids is 1. The molecule has 9 nitrogen and oxygen atoms in total. The van der Waals surface area contributed by atoms with Gasteiger partial charge in [0.1, 0.15) is 16.5 Å². The number of rotatable bonds is 6. The minimum Gasteiger partial charge on any atom is -0.466 e. The molecule has 2 heterocycles. The van der Waals surface area contributed by atoms with Crippen LogP contribution in [0.3, 0.4) is 0 Å². The summed E-state index contributed by atoms with van der Waals surface area (Å²) >= 11 is 11.9. The van der Waals surface area contributed by atoms with Crippen LogP contribution < -0.4 is 20.7 Å². The van der Waals surface area contributed by atoms with Gasteiger partial charge in [0.05, 0.1) is 12.1 Å². The lowest BCUT2D eigenvalue weighted by atomic mass is 10.3. The first kappa shape index (κ1) is 26.8. The average Bonchev–Trinajstić information content (AvgIpc) is 2.93. The van der Waals surface area contributed by atoms with Crippen LogP contribution in [0.4, 0.5) is 17.6 Å². The van der Waals surface area contributed by atoms with E-state index in [1.807, 2.05) is 0 Å².